The van der Waals surface area contributed by atoms with Crippen molar-refractivity contribution in [3.63, 3.8) is 0 Å². The van der Waals surface area contributed by atoms with Gasteiger partial charge in [0, 0.05) is 31.1 Å². The van der Waals surface area contributed by atoms with Crippen LogP contribution in [0.5, 0.6) is 0 Å². The van der Waals surface area contributed by atoms with Crippen molar-refractivity contribution in [1.82, 2.24) is 14.8 Å². The third-order valence-corrected chi connectivity index (χ3v) is 7.48. The van der Waals surface area contributed by atoms with Gasteiger partial charge in [0.2, 0.25) is 5.91 Å². The van der Waals surface area contributed by atoms with Gasteiger partial charge in [0.25, 0.3) is 5.91 Å². The second kappa shape index (κ2) is 9.89. The fourth-order valence-electron chi connectivity index (χ4n) is 4.42. The summed E-state index contributed by atoms with van der Waals surface area (Å²) >= 11 is 1.67. The number of aromatic nitrogens is 1. The van der Waals surface area contributed by atoms with E-state index in [0.717, 1.165) is 29.2 Å². The highest BCUT2D eigenvalue weighted by Gasteiger charge is 2.28. The highest BCUT2D eigenvalue weighted by atomic mass is 32.1. The van der Waals surface area contributed by atoms with Crippen molar-refractivity contribution in [2.45, 2.75) is 32.2 Å². The Hall–Kier alpha value is -2.97. The second-order valence-electron chi connectivity index (χ2n) is 8.58. The van der Waals surface area contributed by atoms with Crippen LogP contribution in [0.1, 0.15) is 39.5 Å². The summed E-state index contributed by atoms with van der Waals surface area (Å²) in [7, 11) is 0. The van der Waals surface area contributed by atoms with Gasteiger partial charge in [0.05, 0.1) is 25.0 Å². The normalized spacial score (nSPS) is 16.4. The number of carbonyl (C=O) groups is 2. The summed E-state index contributed by atoms with van der Waals surface area (Å²) in [6.45, 7) is 3.31. The molecule has 0 radical (unpaired) electrons. The molecule has 1 aromatic carbocycles. The predicted octanol–water partition coefficient (Wildman–Crippen LogP) is 3.61. The van der Waals surface area contributed by atoms with E-state index in [1.54, 1.807) is 28.4 Å². The largest absolute Gasteiger partial charge is 0.459 e. The number of carbonyl (C=O) groups excluding carboxylic acids is 2. The molecule has 0 saturated carbocycles. The zero-order chi connectivity index (χ0) is 22.6. The molecule has 1 fully saturated rings. The van der Waals surface area contributed by atoms with Crippen molar-refractivity contribution in [2.24, 2.45) is 0 Å². The van der Waals surface area contributed by atoms with Gasteiger partial charge in [-0.3, -0.25) is 19.4 Å². The van der Waals surface area contributed by atoms with Crippen molar-refractivity contribution in [3.05, 3.63) is 70.6 Å². The van der Waals surface area contributed by atoms with E-state index < -0.39 is 0 Å². The first kappa shape index (κ1) is 21.9. The molecule has 0 unspecified atom stereocenters. The van der Waals surface area contributed by atoms with Crippen LogP contribution >= 0.6 is 11.3 Å². The van der Waals surface area contributed by atoms with Gasteiger partial charge in [-0.1, -0.05) is 30.3 Å². The molecule has 2 amide bonds. The topological polar surface area (TPSA) is 69.9 Å². The molecular formula is C25H28N4O3S. The number of piperazine rings is 1. The van der Waals surface area contributed by atoms with E-state index in [1.165, 1.54) is 24.0 Å². The first-order valence-corrected chi connectivity index (χ1v) is 12.4. The number of rotatable bonds is 6. The predicted molar refractivity (Wildman–Crippen MR) is 127 cm³/mol. The Morgan fingerprint density at radius 1 is 1.00 bits per heavy atom. The molecule has 5 rings (SSSR count). The minimum absolute atomic E-state index is 0.0516. The monoisotopic (exact) mass is 464 g/mol. The molecule has 1 aliphatic carbocycles. The van der Waals surface area contributed by atoms with E-state index in [2.05, 4.69) is 4.90 Å². The summed E-state index contributed by atoms with van der Waals surface area (Å²) in [6, 6.07) is 13.5. The summed E-state index contributed by atoms with van der Waals surface area (Å²) < 4.78 is 5.24. The number of aryl methyl sites for hydroxylation is 2. The molecule has 1 saturated heterocycles. The van der Waals surface area contributed by atoms with Crippen LogP contribution in [0.2, 0.25) is 0 Å². The zero-order valence-corrected chi connectivity index (χ0v) is 19.4. The number of anilines is 1. The lowest BCUT2D eigenvalue weighted by atomic mass is 10.0. The van der Waals surface area contributed by atoms with Crippen molar-refractivity contribution < 1.29 is 14.0 Å². The standard InChI is InChI=1S/C25H28N4O3S/c30-23(18-27-12-14-28(15-13-27)24(31)21-10-6-16-32-21)29(17-19-7-2-1-3-8-19)25-26-20-9-4-5-11-22(20)33-25/h1-3,6-8,10,16H,4-5,9,11-15,17-18H2. The minimum atomic E-state index is -0.0925. The second-order valence-corrected chi connectivity index (χ2v) is 9.65. The molecule has 7 nitrogen and oxygen atoms in total. The molecule has 2 aliphatic rings. The smallest absolute Gasteiger partial charge is 0.289 e. The SMILES string of the molecule is O=C(c1ccco1)N1CCN(CC(=O)N(Cc2ccccc2)c2nc3c(s2)CCCC3)CC1. The zero-order valence-electron chi connectivity index (χ0n) is 18.6. The van der Waals surface area contributed by atoms with Gasteiger partial charge < -0.3 is 9.32 Å². The summed E-state index contributed by atoms with van der Waals surface area (Å²) in [4.78, 5) is 38.0. The van der Waals surface area contributed by atoms with Gasteiger partial charge in [0.15, 0.2) is 10.9 Å². The van der Waals surface area contributed by atoms with Gasteiger partial charge in [-0.2, -0.15) is 0 Å². The summed E-state index contributed by atoms with van der Waals surface area (Å²) in [5.74, 6) is 0.321. The van der Waals surface area contributed by atoms with Crippen LogP contribution in [0.15, 0.2) is 53.1 Å². The number of fused-ring (bicyclic) bond motifs is 1. The Bertz CT molecular complexity index is 1060. The van der Waals surface area contributed by atoms with E-state index in [4.69, 9.17) is 9.40 Å². The number of hydrogen-bond donors (Lipinski definition) is 0. The Balaban J connectivity index is 1.26. The molecule has 1 aliphatic heterocycles. The van der Waals surface area contributed by atoms with E-state index in [-0.39, 0.29) is 11.8 Å². The molecule has 33 heavy (non-hydrogen) atoms. The molecule has 0 spiro atoms. The number of amides is 2. The quantitative estimate of drug-likeness (QED) is 0.558. The lowest BCUT2D eigenvalue weighted by Gasteiger charge is -2.34. The van der Waals surface area contributed by atoms with Gasteiger partial charge in [-0.25, -0.2) is 4.98 Å². The Morgan fingerprint density at radius 2 is 1.79 bits per heavy atom. The van der Waals surface area contributed by atoms with E-state index in [0.29, 0.717) is 45.0 Å². The summed E-state index contributed by atoms with van der Waals surface area (Å²) in [6.07, 6.45) is 5.95. The highest BCUT2D eigenvalue weighted by Crippen LogP contribution is 2.32. The average molecular weight is 465 g/mol. The number of nitrogens with zero attached hydrogens (tertiary/aromatic N) is 4. The molecule has 0 atom stereocenters. The van der Waals surface area contributed by atoms with Crippen molar-refractivity contribution >= 4 is 28.3 Å². The summed E-state index contributed by atoms with van der Waals surface area (Å²) in [5.41, 5.74) is 2.25. The molecule has 0 N–H and O–H groups in total. The van der Waals surface area contributed by atoms with Crippen molar-refractivity contribution in [3.8, 4) is 0 Å². The van der Waals surface area contributed by atoms with Gasteiger partial charge in [-0.15, -0.1) is 11.3 Å². The van der Waals surface area contributed by atoms with Crippen LogP contribution in [0.3, 0.4) is 0 Å². The molecular weight excluding hydrogens is 436 g/mol. The van der Waals surface area contributed by atoms with E-state index in [1.807, 2.05) is 35.2 Å². The van der Waals surface area contributed by atoms with E-state index in [9.17, 15) is 9.59 Å². The van der Waals surface area contributed by atoms with Crippen molar-refractivity contribution in [2.75, 3.05) is 37.6 Å². The van der Waals surface area contributed by atoms with Gasteiger partial charge >= 0.3 is 0 Å². The third kappa shape index (κ3) is 5.02. The molecule has 172 valence electrons. The van der Waals surface area contributed by atoms with E-state index >= 15 is 0 Å². The molecule has 3 heterocycles. The lowest BCUT2D eigenvalue weighted by Crippen LogP contribution is -2.51. The lowest BCUT2D eigenvalue weighted by molar-refractivity contribution is -0.120. The number of furan rings is 1. The number of hydrogen-bond acceptors (Lipinski definition) is 6. The van der Waals surface area contributed by atoms with Gasteiger partial charge in [0.1, 0.15) is 0 Å². The maximum absolute atomic E-state index is 13.5. The van der Waals surface area contributed by atoms with Crippen LogP contribution < -0.4 is 4.90 Å². The van der Waals surface area contributed by atoms with Crippen LogP contribution in [0.4, 0.5) is 5.13 Å². The third-order valence-electron chi connectivity index (χ3n) is 6.30. The summed E-state index contributed by atoms with van der Waals surface area (Å²) in [5, 5.41) is 0.808. The Kier molecular flexibility index (Phi) is 6.55. The fraction of sp³-hybridized carbons (Fsp3) is 0.400. The number of thiazole rings is 1. The molecule has 2 aromatic heterocycles. The highest BCUT2D eigenvalue weighted by molar-refractivity contribution is 7.15. The first-order chi connectivity index (χ1) is 16.2. The van der Waals surface area contributed by atoms with Crippen LogP contribution in [-0.4, -0.2) is 59.3 Å². The maximum Gasteiger partial charge on any atom is 0.289 e. The van der Waals surface area contributed by atoms with Crippen LogP contribution in [-0.2, 0) is 24.2 Å². The van der Waals surface area contributed by atoms with Crippen molar-refractivity contribution in [1.29, 1.82) is 0 Å². The van der Waals surface area contributed by atoms with Crippen LogP contribution in [0, 0.1) is 0 Å². The molecule has 3 aromatic rings. The molecule has 8 heteroatoms. The maximum atomic E-state index is 13.5. The van der Waals surface area contributed by atoms with Gasteiger partial charge in [-0.05, 0) is 43.4 Å². The Morgan fingerprint density at radius 3 is 2.52 bits per heavy atom. The fourth-order valence-corrected chi connectivity index (χ4v) is 5.59. The first-order valence-electron chi connectivity index (χ1n) is 11.6. The van der Waals surface area contributed by atoms with Crippen LogP contribution in [0.25, 0.3) is 0 Å². The Labute approximate surface area is 197 Å². The minimum Gasteiger partial charge on any atom is -0.459 e. The average Bonchev–Trinajstić information content (AvgIpc) is 3.53. The number of benzene rings is 1. The molecule has 0 bridgehead atoms.